The first-order valence-corrected chi connectivity index (χ1v) is 6.91. The highest BCUT2D eigenvalue weighted by Gasteiger charge is 2.19. The van der Waals surface area contributed by atoms with Gasteiger partial charge >= 0.3 is 0 Å². The third kappa shape index (κ3) is 2.83. The number of methoxy groups -OCH3 is 1. The van der Waals surface area contributed by atoms with E-state index in [9.17, 15) is 4.79 Å². The quantitative estimate of drug-likeness (QED) is 0.858. The lowest BCUT2D eigenvalue weighted by Crippen LogP contribution is -2.34. The second kappa shape index (κ2) is 5.23. The van der Waals surface area contributed by atoms with E-state index in [1.807, 2.05) is 13.8 Å². The van der Waals surface area contributed by atoms with E-state index >= 15 is 0 Å². The van der Waals surface area contributed by atoms with Crippen LogP contribution in [0.3, 0.4) is 0 Å². The Morgan fingerprint density at radius 1 is 1.47 bits per heavy atom. The molecule has 0 aliphatic heterocycles. The van der Waals surface area contributed by atoms with E-state index in [1.54, 1.807) is 19.2 Å². The minimum absolute atomic E-state index is 0.165. The van der Waals surface area contributed by atoms with Crippen molar-refractivity contribution in [3.05, 3.63) is 38.3 Å². The van der Waals surface area contributed by atoms with Crippen LogP contribution in [0.5, 0.6) is 0 Å². The zero-order valence-electron chi connectivity index (χ0n) is 10.9. The summed E-state index contributed by atoms with van der Waals surface area (Å²) in [4.78, 5) is 16.7. The molecule has 0 N–H and O–H groups in total. The number of nitrogens with zero attached hydrogens (tertiary/aromatic N) is 2. The molecule has 102 valence electrons. The van der Waals surface area contributed by atoms with Crippen LogP contribution in [0, 0.1) is 0 Å². The largest absolute Gasteiger partial charge is 0.377 e. The van der Waals surface area contributed by atoms with Gasteiger partial charge in [-0.15, -0.1) is 0 Å². The summed E-state index contributed by atoms with van der Waals surface area (Å²) >= 11 is 9.49. The SMILES string of the molecule is COC(C)(C)Cn1cnc2ccc(Br)c(Cl)c2c1=O. The molecule has 0 saturated heterocycles. The first-order chi connectivity index (χ1) is 8.85. The van der Waals surface area contributed by atoms with Gasteiger partial charge in [-0.05, 0) is 41.9 Å². The van der Waals surface area contributed by atoms with Gasteiger partial charge in [0, 0.05) is 11.6 Å². The van der Waals surface area contributed by atoms with Gasteiger partial charge in [0.05, 0.1) is 34.4 Å². The predicted molar refractivity (Wildman–Crippen MR) is 79.8 cm³/mol. The van der Waals surface area contributed by atoms with Crippen LogP contribution >= 0.6 is 27.5 Å². The van der Waals surface area contributed by atoms with Crippen molar-refractivity contribution in [1.29, 1.82) is 0 Å². The van der Waals surface area contributed by atoms with Crippen molar-refractivity contribution in [2.75, 3.05) is 7.11 Å². The van der Waals surface area contributed by atoms with E-state index in [-0.39, 0.29) is 5.56 Å². The number of hydrogen-bond acceptors (Lipinski definition) is 3. The molecule has 0 aliphatic rings. The second-order valence-corrected chi connectivity index (χ2v) is 6.13. The minimum Gasteiger partial charge on any atom is -0.377 e. The van der Waals surface area contributed by atoms with E-state index in [0.717, 1.165) is 0 Å². The fraction of sp³-hybridized carbons (Fsp3) is 0.385. The third-order valence-corrected chi connectivity index (χ3v) is 4.27. The molecule has 1 aromatic heterocycles. The Balaban J connectivity index is 2.64. The fourth-order valence-corrected chi connectivity index (χ4v) is 2.34. The summed E-state index contributed by atoms with van der Waals surface area (Å²) in [6.45, 7) is 4.23. The Morgan fingerprint density at radius 3 is 2.79 bits per heavy atom. The maximum absolute atomic E-state index is 12.5. The monoisotopic (exact) mass is 344 g/mol. The van der Waals surface area contributed by atoms with Gasteiger partial charge in [0.25, 0.3) is 5.56 Å². The zero-order valence-corrected chi connectivity index (χ0v) is 13.2. The van der Waals surface area contributed by atoms with Crippen molar-refractivity contribution in [1.82, 2.24) is 9.55 Å². The van der Waals surface area contributed by atoms with Crippen molar-refractivity contribution in [2.45, 2.75) is 26.0 Å². The molecule has 0 fully saturated rings. The Morgan fingerprint density at radius 2 is 2.16 bits per heavy atom. The smallest absolute Gasteiger partial charge is 0.262 e. The lowest BCUT2D eigenvalue weighted by atomic mass is 10.1. The molecule has 0 bridgehead atoms. The van der Waals surface area contributed by atoms with Gasteiger partial charge in [0.15, 0.2) is 0 Å². The summed E-state index contributed by atoms with van der Waals surface area (Å²) < 4.78 is 7.54. The molecule has 6 heteroatoms. The topological polar surface area (TPSA) is 44.1 Å². The standard InChI is InChI=1S/C13H14BrClN2O2/c1-13(2,19-3)6-17-7-16-9-5-4-8(14)11(15)10(9)12(17)18/h4-5,7H,6H2,1-3H3. The molecule has 0 saturated carbocycles. The van der Waals surface area contributed by atoms with E-state index in [2.05, 4.69) is 20.9 Å². The van der Waals surface area contributed by atoms with Gasteiger partial charge < -0.3 is 4.74 Å². The molecule has 0 radical (unpaired) electrons. The predicted octanol–water partition coefficient (Wildman–Crippen LogP) is 3.24. The third-order valence-electron chi connectivity index (χ3n) is 2.99. The molecule has 2 aromatic rings. The number of hydrogen-bond donors (Lipinski definition) is 0. The summed E-state index contributed by atoms with van der Waals surface area (Å²) in [7, 11) is 1.61. The van der Waals surface area contributed by atoms with Crippen LogP contribution in [0.1, 0.15) is 13.8 Å². The van der Waals surface area contributed by atoms with Crippen molar-refractivity contribution < 1.29 is 4.74 Å². The molecule has 19 heavy (non-hydrogen) atoms. The number of ether oxygens (including phenoxy) is 1. The highest BCUT2D eigenvalue weighted by Crippen LogP contribution is 2.27. The maximum Gasteiger partial charge on any atom is 0.262 e. The van der Waals surface area contributed by atoms with Gasteiger partial charge in [-0.1, -0.05) is 11.6 Å². The van der Waals surface area contributed by atoms with Crippen LogP contribution in [0.15, 0.2) is 27.7 Å². The first-order valence-electron chi connectivity index (χ1n) is 5.74. The zero-order chi connectivity index (χ0) is 14.2. The first kappa shape index (κ1) is 14.5. The van der Waals surface area contributed by atoms with E-state index in [4.69, 9.17) is 16.3 Å². The minimum atomic E-state index is -0.447. The lowest BCUT2D eigenvalue weighted by molar-refractivity contribution is 0.00728. The van der Waals surface area contributed by atoms with Gasteiger partial charge in [0.1, 0.15) is 0 Å². The van der Waals surface area contributed by atoms with Crippen molar-refractivity contribution in [2.24, 2.45) is 0 Å². The molecular formula is C13H14BrClN2O2. The van der Waals surface area contributed by atoms with Gasteiger partial charge in [-0.2, -0.15) is 0 Å². The highest BCUT2D eigenvalue weighted by atomic mass is 79.9. The van der Waals surface area contributed by atoms with E-state index in [0.29, 0.717) is 26.9 Å². The van der Waals surface area contributed by atoms with Crippen LogP contribution in [0.25, 0.3) is 10.9 Å². The van der Waals surface area contributed by atoms with E-state index < -0.39 is 5.60 Å². The average Bonchev–Trinajstić information content (AvgIpc) is 2.37. The molecule has 0 unspecified atom stereocenters. The Kier molecular flexibility index (Phi) is 3.99. The van der Waals surface area contributed by atoms with Crippen molar-refractivity contribution >= 4 is 38.4 Å². The van der Waals surface area contributed by atoms with E-state index in [1.165, 1.54) is 10.9 Å². The molecular weight excluding hydrogens is 332 g/mol. The van der Waals surface area contributed by atoms with Crippen LogP contribution < -0.4 is 5.56 Å². The number of halogens is 2. The summed E-state index contributed by atoms with van der Waals surface area (Å²) in [6.07, 6.45) is 1.52. The number of aromatic nitrogens is 2. The molecule has 0 aliphatic carbocycles. The molecule has 0 atom stereocenters. The Labute approximate surface area is 124 Å². The molecule has 1 heterocycles. The van der Waals surface area contributed by atoms with Crippen LogP contribution in [-0.4, -0.2) is 22.3 Å². The molecule has 0 amide bonds. The average molecular weight is 346 g/mol. The Bertz CT molecular complexity index is 682. The fourth-order valence-electron chi connectivity index (χ4n) is 1.77. The summed E-state index contributed by atoms with van der Waals surface area (Å²) in [5, 5.41) is 0.810. The second-order valence-electron chi connectivity index (χ2n) is 4.90. The lowest BCUT2D eigenvalue weighted by Gasteiger charge is -2.23. The molecule has 4 nitrogen and oxygen atoms in total. The van der Waals surface area contributed by atoms with Gasteiger partial charge in [0.2, 0.25) is 0 Å². The van der Waals surface area contributed by atoms with Crippen molar-refractivity contribution in [3.8, 4) is 0 Å². The molecule has 1 aromatic carbocycles. The van der Waals surface area contributed by atoms with Gasteiger partial charge in [-0.25, -0.2) is 4.98 Å². The molecule has 2 rings (SSSR count). The number of fused-ring (bicyclic) bond motifs is 1. The normalized spacial score (nSPS) is 12.1. The Hall–Kier alpha value is -0.910. The van der Waals surface area contributed by atoms with Crippen molar-refractivity contribution in [3.63, 3.8) is 0 Å². The summed E-state index contributed by atoms with van der Waals surface area (Å²) in [5.74, 6) is 0. The highest BCUT2D eigenvalue weighted by molar-refractivity contribution is 9.10. The maximum atomic E-state index is 12.5. The molecule has 0 spiro atoms. The van der Waals surface area contributed by atoms with Crippen LogP contribution in [0.2, 0.25) is 5.02 Å². The summed E-state index contributed by atoms with van der Waals surface area (Å²) in [6, 6.07) is 3.54. The number of benzene rings is 1. The van der Waals surface area contributed by atoms with Crippen LogP contribution in [-0.2, 0) is 11.3 Å². The van der Waals surface area contributed by atoms with Gasteiger partial charge in [-0.3, -0.25) is 9.36 Å². The summed E-state index contributed by atoms with van der Waals surface area (Å²) in [5.41, 5.74) is -0.0244. The number of rotatable bonds is 3. The van der Waals surface area contributed by atoms with Crippen LogP contribution in [0.4, 0.5) is 0 Å².